The fourth-order valence-electron chi connectivity index (χ4n) is 2.22. The molecule has 0 aromatic heterocycles. The van der Waals surface area contributed by atoms with Crippen molar-refractivity contribution in [1.82, 2.24) is 4.90 Å². The van der Waals surface area contributed by atoms with Gasteiger partial charge in [0.2, 0.25) is 0 Å². The predicted molar refractivity (Wildman–Crippen MR) is 60.3 cm³/mol. The van der Waals surface area contributed by atoms with Crippen LogP contribution in [0.4, 0.5) is 0 Å². The Morgan fingerprint density at radius 3 is 2.73 bits per heavy atom. The summed E-state index contributed by atoms with van der Waals surface area (Å²) in [5.74, 6) is 0. The first-order chi connectivity index (χ1) is 7.29. The van der Waals surface area contributed by atoms with Gasteiger partial charge < -0.3 is 10.8 Å². The molecule has 15 heavy (non-hydrogen) atoms. The van der Waals surface area contributed by atoms with Crippen molar-refractivity contribution in [3.8, 4) is 0 Å². The van der Waals surface area contributed by atoms with E-state index in [1.807, 2.05) is 18.2 Å². The molecule has 1 fully saturated rings. The Morgan fingerprint density at radius 2 is 2.07 bits per heavy atom. The minimum atomic E-state index is 0.209. The van der Waals surface area contributed by atoms with Gasteiger partial charge in [-0.25, -0.2) is 0 Å². The highest BCUT2D eigenvalue weighted by Gasteiger charge is 2.28. The van der Waals surface area contributed by atoms with E-state index in [-0.39, 0.29) is 18.7 Å². The maximum atomic E-state index is 9.24. The van der Waals surface area contributed by atoms with Gasteiger partial charge in [-0.05, 0) is 12.0 Å². The zero-order valence-corrected chi connectivity index (χ0v) is 8.84. The molecular formula is C12H18N2O. The van der Waals surface area contributed by atoms with E-state index in [1.165, 1.54) is 5.56 Å². The summed E-state index contributed by atoms with van der Waals surface area (Å²) in [7, 11) is 0. The van der Waals surface area contributed by atoms with Crippen molar-refractivity contribution in [3.63, 3.8) is 0 Å². The summed E-state index contributed by atoms with van der Waals surface area (Å²) >= 11 is 0. The molecule has 0 unspecified atom stereocenters. The van der Waals surface area contributed by atoms with Crippen LogP contribution in [0, 0.1) is 0 Å². The van der Waals surface area contributed by atoms with Gasteiger partial charge in [0, 0.05) is 25.2 Å². The van der Waals surface area contributed by atoms with Crippen LogP contribution in [0.2, 0.25) is 0 Å². The highest BCUT2D eigenvalue weighted by atomic mass is 16.3. The fraction of sp³-hybridized carbons (Fsp3) is 0.500. The van der Waals surface area contributed by atoms with E-state index < -0.39 is 0 Å². The molecule has 1 aromatic rings. The lowest BCUT2D eigenvalue weighted by Gasteiger charge is -2.22. The molecule has 0 radical (unpaired) electrons. The van der Waals surface area contributed by atoms with Gasteiger partial charge in [-0.1, -0.05) is 30.3 Å². The average Bonchev–Trinajstić information content (AvgIpc) is 2.60. The molecule has 3 N–H and O–H groups in total. The molecule has 3 heteroatoms. The minimum Gasteiger partial charge on any atom is -0.395 e. The summed E-state index contributed by atoms with van der Waals surface area (Å²) in [5.41, 5.74) is 7.17. The van der Waals surface area contributed by atoms with Crippen molar-refractivity contribution in [3.05, 3.63) is 35.9 Å². The van der Waals surface area contributed by atoms with Gasteiger partial charge >= 0.3 is 0 Å². The summed E-state index contributed by atoms with van der Waals surface area (Å²) < 4.78 is 0. The Kier molecular flexibility index (Phi) is 3.36. The van der Waals surface area contributed by atoms with E-state index in [4.69, 9.17) is 5.73 Å². The third-order valence-corrected chi connectivity index (χ3v) is 3.00. The molecule has 1 saturated heterocycles. The van der Waals surface area contributed by atoms with E-state index in [0.717, 1.165) is 19.5 Å². The van der Waals surface area contributed by atoms with Gasteiger partial charge in [0.25, 0.3) is 0 Å². The molecule has 2 atom stereocenters. The molecule has 1 aromatic carbocycles. The second-order valence-corrected chi connectivity index (χ2v) is 4.25. The monoisotopic (exact) mass is 206 g/mol. The number of nitrogens with two attached hydrogens (primary N) is 1. The molecule has 0 spiro atoms. The molecular weight excluding hydrogens is 188 g/mol. The first-order valence-electron chi connectivity index (χ1n) is 5.44. The molecule has 0 aliphatic carbocycles. The van der Waals surface area contributed by atoms with Crippen LogP contribution in [0.1, 0.15) is 12.0 Å². The number of likely N-dealkylation sites (tertiary alicyclic amines) is 1. The van der Waals surface area contributed by atoms with Crippen molar-refractivity contribution in [2.45, 2.75) is 25.0 Å². The number of aliphatic hydroxyl groups is 1. The highest BCUT2D eigenvalue weighted by Crippen LogP contribution is 2.18. The van der Waals surface area contributed by atoms with Crippen LogP contribution < -0.4 is 5.73 Å². The van der Waals surface area contributed by atoms with Crippen LogP contribution in [-0.4, -0.2) is 35.2 Å². The largest absolute Gasteiger partial charge is 0.395 e. The second-order valence-electron chi connectivity index (χ2n) is 4.25. The molecule has 0 saturated carbocycles. The lowest BCUT2D eigenvalue weighted by Crippen LogP contribution is -2.32. The van der Waals surface area contributed by atoms with Crippen molar-refractivity contribution in [2.75, 3.05) is 13.2 Å². The summed E-state index contributed by atoms with van der Waals surface area (Å²) in [6.07, 6.45) is 0.906. The van der Waals surface area contributed by atoms with Gasteiger partial charge in [-0.15, -0.1) is 0 Å². The summed E-state index contributed by atoms with van der Waals surface area (Å²) in [5, 5.41) is 9.24. The maximum Gasteiger partial charge on any atom is 0.0587 e. The quantitative estimate of drug-likeness (QED) is 0.760. The molecule has 1 heterocycles. The standard InChI is InChI=1S/C12H18N2O/c13-11-6-12(9-15)14(8-11)7-10-4-2-1-3-5-10/h1-5,11-12,15H,6-9,13H2/t11-,12-/m0/s1. The third-order valence-electron chi connectivity index (χ3n) is 3.00. The lowest BCUT2D eigenvalue weighted by molar-refractivity contribution is 0.153. The van der Waals surface area contributed by atoms with Crippen molar-refractivity contribution in [1.29, 1.82) is 0 Å². The van der Waals surface area contributed by atoms with Gasteiger partial charge in [-0.2, -0.15) is 0 Å². The predicted octanol–water partition coefficient (Wildman–Crippen LogP) is 0.580. The number of benzene rings is 1. The molecule has 0 bridgehead atoms. The average molecular weight is 206 g/mol. The first kappa shape index (κ1) is 10.6. The molecule has 1 aliphatic heterocycles. The first-order valence-corrected chi connectivity index (χ1v) is 5.44. The number of aliphatic hydroxyl groups excluding tert-OH is 1. The van der Waals surface area contributed by atoms with Crippen LogP contribution in [0.5, 0.6) is 0 Å². The summed E-state index contributed by atoms with van der Waals surface area (Å²) in [6.45, 7) is 1.99. The molecule has 2 rings (SSSR count). The highest BCUT2D eigenvalue weighted by molar-refractivity contribution is 5.15. The Morgan fingerprint density at radius 1 is 1.33 bits per heavy atom. The van der Waals surface area contributed by atoms with Gasteiger partial charge in [0.15, 0.2) is 0 Å². The second kappa shape index (κ2) is 4.75. The van der Waals surface area contributed by atoms with Crippen molar-refractivity contribution < 1.29 is 5.11 Å². The van der Waals surface area contributed by atoms with Crippen molar-refractivity contribution in [2.24, 2.45) is 5.73 Å². The maximum absolute atomic E-state index is 9.24. The van der Waals surface area contributed by atoms with E-state index in [9.17, 15) is 5.11 Å². The van der Waals surface area contributed by atoms with Crippen LogP contribution in [0.15, 0.2) is 30.3 Å². The number of rotatable bonds is 3. The molecule has 1 aliphatic rings. The van der Waals surface area contributed by atoms with E-state index in [1.54, 1.807) is 0 Å². The Balaban J connectivity index is 2.00. The molecule has 0 amide bonds. The smallest absolute Gasteiger partial charge is 0.0587 e. The van der Waals surface area contributed by atoms with Gasteiger partial charge in [0.1, 0.15) is 0 Å². The van der Waals surface area contributed by atoms with Crippen LogP contribution >= 0.6 is 0 Å². The Bertz CT molecular complexity index is 302. The number of hydrogen-bond donors (Lipinski definition) is 2. The van der Waals surface area contributed by atoms with Crippen molar-refractivity contribution >= 4 is 0 Å². The molecule has 82 valence electrons. The summed E-state index contributed by atoms with van der Waals surface area (Å²) in [4.78, 5) is 2.26. The van der Waals surface area contributed by atoms with Crippen LogP contribution in [-0.2, 0) is 6.54 Å². The van der Waals surface area contributed by atoms with E-state index in [2.05, 4.69) is 17.0 Å². The zero-order chi connectivity index (χ0) is 10.7. The zero-order valence-electron chi connectivity index (χ0n) is 8.84. The topological polar surface area (TPSA) is 49.5 Å². The Hall–Kier alpha value is -0.900. The number of nitrogens with zero attached hydrogens (tertiary/aromatic N) is 1. The number of hydrogen-bond acceptors (Lipinski definition) is 3. The SMILES string of the molecule is N[C@H]1C[C@@H](CO)N(Cc2ccccc2)C1. The van der Waals surface area contributed by atoms with Gasteiger partial charge in [-0.3, -0.25) is 4.90 Å². The molecule has 3 nitrogen and oxygen atoms in total. The van der Waals surface area contributed by atoms with Crippen LogP contribution in [0.25, 0.3) is 0 Å². The lowest BCUT2D eigenvalue weighted by atomic mass is 10.2. The fourth-order valence-corrected chi connectivity index (χ4v) is 2.22. The van der Waals surface area contributed by atoms with Crippen LogP contribution in [0.3, 0.4) is 0 Å². The normalized spacial score (nSPS) is 27.1. The summed E-state index contributed by atoms with van der Waals surface area (Å²) in [6, 6.07) is 10.8. The Labute approximate surface area is 90.5 Å². The van der Waals surface area contributed by atoms with E-state index >= 15 is 0 Å². The third kappa shape index (κ3) is 2.56. The van der Waals surface area contributed by atoms with Gasteiger partial charge in [0.05, 0.1) is 6.61 Å². The van der Waals surface area contributed by atoms with E-state index in [0.29, 0.717) is 0 Å². The minimum absolute atomic E-state index is 0.209.